The molecule has 1 aromatic heterocycles. The largest absolute Gasteiger partial charge is 0.416 e. The Hall–Kier alpha value is -3.88. The van der Waals surface area contributed by atoms with Gasteiger partial charge in [0.2, 0.25) is 0 Å². The maximum atomic E-state index is 13.2. The first kappa shape index (κ1) is 23.3. The van der Waals surface area contributed by atoms with Crippen molar-refractivity contribution in [2.75, 3.05) is 6.54 Å². The number of benzene rings is 2. The molecule has 9 heteroatoms. The molecule has 1 aliphatic rings. The highest BCUT2D eigenvalue weighted by molar-refractivity contribution is 6.11. The van der Waals surface area contributed by atoms with Crippen LogP contribution >= 0.6 is 0 Å². The monoisotopic (exact) mass is 469 g/mol. The summed E-state index contributed by atoms with van der Waals surface area (Å²) in [6.07, 6.45) is -4.50. The van der Waals surface area contributed by atoms with E-state index >= 15 is 0 Å². The minimum Gasteiger partial charge on any atom is -0.319 e. The van der Waals surface area contributed by atoms with E-state index in [1.54, 1.807) is 61.7 Å². The smallest absolute Gasteiger partial charge is 0.319 e. The Bertz CT molecular complexity index is 1300. The molecule has 0 spiro atoms. The summed E-state index contributed by atoms with van der Waals surface area (Å²) in [5.41, 5.74) is -0.0606. The lowest BCUT2D eigenvalue weighted by Crippen LogP contribution is -2.41. The Morgan fingerprint density at radius 2 is 1.68 bits per heavy atom. The molecule has 176 valence electrons. The molecule has 0 saturated carbocycles. The fourth-order valence-corrected chi connectivity index (χ4v) is 4.30. The summed E-state index contributed by atoms with van der Waals surface area (Å²) in [6, 6.07) is 14.4. The molecule has 0 bridgehead atoms. The van der Waals surface area contributed by atoms with Gasteiger partial charge in [0.05, 0.1) is 12.1 Å². The molecule has 34 heavy (non-hydrogen) atoms. The van der Waals surface area contributed by atoms with Gasteiger partial charge in [-0.1, -0.05) is 36.4 Å². The Kier molecular flexibility index (Phi) is 5.59. The second kappa shape index (κ2) is 8.16. The second-order valence-corrected chi connectivity index (χ2v) is 8.40. The molecular formula is C25H22F3N3O3. The quantitative estimate of drug-likeness (QED) is 0.433. The van der Waals surface area contributed by atoms with Crippen molar-refractivity contribution >= 4 is 17.7 Å². The van der Waals surface area contributed by atoms with Crippen LogP contribution in [0.4, 0.5) is 18.0 Å². The number of Topliss-reactive ketones (excluding diaryl/α,β-unsaturated/α-hetero) is 1. The molecule has 0 radical (unpaired) electrons. The maximum Gasteiger partial charge on any atom is 0.416 e. The number of alkyl halides is 3. The normalized spacial score (nSPS) is 18.4. The maximum absolute atomic E-state index is 13.2. The average Bonchev–Trinajstić information content (AvgIpc) is 3.21. The van der Waals surface area contributed by atoms with Gasteiger partial charge < -0.3 is 9.88 Å². The number of amides is 3. The number of imide groups is 1. The van der Waals surface area contributed by atoms with Gasteiger partial charge in [-0.25, -0.2) is 4.79 Å². The SMILES string of the molecule is Cc1cc(C(=O)CN2C(=O)NC(C)(c3ccccc3)C2=O)c(C)n1-c1cccc(C(F)(F)F)c1. The number of aryl methyl sites for hydroxylation is 1. The van der Waals surface area contributed by atoms with Gasteiger partial charge in [0, 0.05) is 22.6 Å². The molecule has 2 heterocycles. The van der Waals surface area contributed by atoms with Crippen molar-refractivity contribution in [2.45, 2.75) is 32.5 Å². The van der Waals surface area contributed by atoms with Crippen LogP contribution in [0.25, 0.3) is 5.69 Å². The fourth-order valence-electron chi connectivity index (χ4n) is 4.30. The predicted molar refractivity (Wildman–Crippen MR) is 119 cm³/mol. The summed E-state index contributed by atoms with van der Waals surface area (Å²) in [7, 11) is 0. The minimum absolute atomic E-state index is 0.226. The van der Waals surface area contributed by atoms with Crippen LogP contribution in [0.5, 0.6) is 0 Å². The van der Waals surface area contributed by atoms with Crippen LogP contribution in [0.3, 0.4) is 0 Å². The number of carbonyl (C=O) groups excluding carboxylic acids is 3. The molecule has 4 rings (SSSR count). The van der Waals surface area contributed by atoms with E-state index in [9.17, 15) is 27.6 Å². The number of aromatic nitrogens is 1. The summed E-state index contributed by atoms with van der Waals surface area (Å²) in [5, 5.41) is 2.65. The number of hydrogen-bond donors (Lipinski definition) is 1. The zero-order chi connectivity index (χ0) is 24.8. The summed E-state index contributed by atoms with van der Waals surface area (Å²) in [6.45, 7) is 4.37. The van der Waals surface area contributed by atoms with Crippen molar-refractivity contribution in [3.05, 3.63) is 88.7 Å². The van der Waals surface area contributed by atoms with Gasteiger partial charge in [0.15, 0.2) is 5.78 Å². The lowest BCUT2D eigenvalue weighted by Gasteiger charge is -2.22. The summed E-state index contributed by atoms with van der Waals surface area (Å²) in [5.74, 6) is -1.05. The minimum atomic E-state index is -4.50. The van der Waals surface area contributed by atoms with Crippen molar-refractivity contribution in [3.8, 4) is 5.69 Å². The van der Waals surface area contributed by atoms with Crippen molar-refractivity contribution < 1.29 is 27.6 Å². The average molecular weight is 469 g/mol. The predicted octanol–water partition coefficient (Wildman–Crippen LogP) is 4.76. The molecule has 1 aliphatic heterocycles. The van der Waals surface area contributed by atoms with Gasteiger partial charge >= 0.3 is 12.2 Å². The third-order valence-corrected chi connectivity index (χ3v) is 6.09. The molecular weight excluding hydrogens is 447 g/mol. The lowest BCUT2D eigenvalue weighted by molar-refractivity contribution is -0.137. The zero-order valence-corrected chi connectivity index (χ0v) is 18.7. The number of nitrogens with one attached hydrogen (secondary N) is 1. The Labute approximate surface area is 194 Å². The first-order chi connectivity index (χ1) is 15.9. The van der Waals surface area contributed by atoms with Crippen LogP contribution in [0.15, 0.2) is 60.7 Å². The molecule has 3 aromatic rings. The van der Waals surface area contributed by atoms with E-state index < -0.39 is 41.5 Å². The molecule has 3 amide bonds. The Balaban J connectivity index is 1.62. The van der Waals surface area contributed by atoms with E-state index in [0.29, 0.717) is 17.0 Å². The van der Waals surface area contributed by atoms with E-state index in [4.69, 9.17) is 0 Å². The molecule has 0 aliphatic carbocycles. The van der Waals surface area contributed by atoms with Gasteiger partial charge in [-0.15, -0.1) is 0 Å². The Morgan fingerprint density at radius 3 is 2.32 bits per heavy atom. The van der Waals surface area contributed by atoms with Gasteiger partial charge in [-0.3, -0.25) is 14.5 Å². The van der Waals surface area contributed by atoms with Crippen LogP contribution in [-0.4, -0.2) is 33.7 Å². The molecule has 2 aromatic carbocycles. The van der Waals surface area contributed by atoms with Gasteiger partial charge in [-0.05, 0) is 50.6 Å². The highest BCUT2D eigenvalue weighted by Crippen LogP contribution is 2.32. The van der Waals surface area contributed by atoms with Crippen molar-refractivity contribution in [1.29, 1.82) is 0 Å². The van der Waals surface area contributed by atoms with E-state index in [1.807, 2.05) is 0 Å². The van der Waals surface area contributed by atoms with E-state index in [1.165, 1.54) is 12.1 Å². The van der Waals surface area contributed by atoms with Crippen molar-refractivity contribution in [3.63, 3.8) is 0 Å². The van der Waals surface area contributed by atoms with Gasteiger partial charge in [0.1, 0.15) is 5.54 Å². The number of hydrogen-bond acceptors (Lipinski definition) is 3. The summed E-state index contributed by atoms with van der Waals surface area (Å²) < 4.78 is 41.0. The lowest BCUT2D eigenvalue weighted by atomic mass is 9.92. The third kappa shape index (κ3) is 3.87. The standard InChI is InChI=1S/C25H22F3N3O3/c1-15-12-20(16(2)31(15)19-11-7-10-18(13-19)25(26,27)28)21(32)14-30-22(33)24(3,29-23(30)34)17-8-5-4-6-9-17/h4-13H,14H2,1-3H3,(H,29,34). The number of nitrogens with zero attached hydrogens (tertiary/aromatic N) is 2. The number of rotatable bonds is 5. The molecule has 1 atom stereocenters. The summed E-state index contributed by atoms with van der Waals surface area (Å²) >= 11 is 0. The molecule has 1 saturated heterocycles. The molecule has 1 N–H and O–H groups in total. The molecule has 6 nitrogen and oxygen atoms in total. The van der Waals surface area contributed by atoms with Crippen LogP contribution in [0.2, 0.25) is 0 Å². The molecule has 1 unspecified atom stereocenters. The molecule has 1 fully saturated rings. The summed E-state index contributed by atoms with van der Waals surface area (Å²) in [4.78, 5) is 39.7. The van der Waals surface area contributed by atoms with E-state index in [-0.39, 0.29) is 11.3 Å². The van der Waals surface area contributed by atoms with Crippen LogP contribution in [-0.2, 0) is 16.5 Å². The van der Waals surface area contributed by atoms with Gasteiger partial charge in [0.25, 0.3) is 5.91 Å². The third-order valence-electron chi connectivity index (χ3n) is 6.09. The van der Waals surface area contributed by atoms with Crippen molar-refractivity contribution in [1.82, 2.24) is 14.8 Å². The number of halogens is 3. The highest BCUT2D eigenvalue weighted by atomic mass is 19.4. The van der Waals surface area contributed by atoms with Crippen LogP contribution in [0.1, 0.15) is 39.8 Å². The number of carbonyl (C=O) groups is 3. The number of ketones is 1. The zero-order valence-electron chi connectivity index (χ0n) is 18.7. The topological polar surface area (TPSA) is 71.4 Å². The van der Waals surface area contributed by atoms with Gasteiger partial charge in [-0.2, -0.15) is 13.2 Å². The van der Waals surface area contributed by atoms with E-state index in [2.05, 4.69) is 5.32 Å². The van der Waals surface area contributed by atoms with E-state index in [0.717, 1.165) is 17.0 Å². The first-order valence-corrected chi connectivity index (χ1v) is 10.5. The second-order valence-electron chi connectivity index (χ2n) is 8.40. The first-order valence-electron chi connectivity index (χ1n) is 10.5. The van der Waals surface area contributed by atoms with Crippen LogP contribution in [0, 0.1) is 13.8 Å². The highest BCUT2D eigenvalue weighted by Gasteiger charge is 2.49. The number of urea groups is 1. The fraction of sp³-hybridized carbons (Fsp3) is 0.240. The Morgan fingerprint density at radius 1 is 1.00 bits per heavy atom. The van der Waals surface area contributed by atoms with Crippen molar-refractivity contribution in [2.24, 2.45) is 0 Å². The van der Waals surface area contributed by atoms with Crippen LogP contribution < -0.4 is 5.32 Å².